The van der Waals surface area contributed by atoms with E-state index in [9.17, 15) is 4.79 Å². The molecule has 4 nitrogen and oxygen atoms in total. The largest absolute Gasteiger partial charge is 0.492 e. The van der Waals surface area contributed by atoms with Crippen LogP contribution in [-0.4, -0.2) is 25.6 Å². The van der Waals surface area contributed by atoms with Gasteiger partial charge < -0.3 is 15.4 Å². The molecular formula is C19H24N2O2. The first kappa shape index (κ1) is 16.9. The quantitative estimate of drug-likeness (QED) is 0.787. The predicted octanol–water partition coefficient (Wildman–Crippen LogP) is 3.16. The summed E-state index contributed by atoms with van der Waals surface area (Å²) in [6.07, 6.45) is 0.841. The molecule has 2 aromatic carbocycles. The van der Waals surface area contributed by atoms with E-state index in [2.05, 4.69) is 29.7 Å². The number of nitrogens with one attached hydrogen (secondary N) is 2. The summed E-state index contributed by atoms with van der Waals surface area (Å²) in [4.78, 5) is 11.9. The van der Waals surface area contributed by atoms with Crippen LogP contribution in [-0.2, 0) is 11.2 Å². The Balaban J connectivity index is 1.76. The Morgan fingerprint density at radius 2 is 1.83 bits per heavy atom. The standard InChI is InChI=1S/C19H24N2O2/c1-3-23-18-11-7-6-10-17(18)21-14-19(22)20-13-12-16-9-5-4-8-15(16)2/h4-11,21H,3,12-14H2,1-2H3,(H,20,22). The molecule has 2 rings (SSSR count). The van der Waals surface area contributed by atoms with Gasteiger partial charge in [0.2, 0.25) is 5.91 Å². The van der Waals surface area contributed by atoms with E-state index in [-0.39, 0.29) is 12.5 Å². The molecule has 0 unspecified atom stereocenters. The second-order valence-corrected chi connectivity index (χ2v) is 5.31. The highest BCUT2D eigenvalue weighted by molar-refractivity contribution is 5.81. The van der Waals surface area contributed by atoms with Crippen molar-refractivity contribution in [3.8, 4) is 5.75 Å². The number of aryl methyl sites for hydroxylation is 1. The number of benzene rings is 2. The lowest BCUT2D eigenvalue weighted by Gasteiger charge is -2.12. The molecule has 0 heterocycles. The van der Waals surface area contributed by atoms with Crippen molar-refractivity contribution in [1.29, 1.82) is 0 Å². The van der Waals surface area contributed by atoms with Gasteiger partial charge in [-0.25, -0.2) is 0 Å². The number of hydrogen-bond acceptors (Lipinski definition) is 3. The Kier molecular flexibility index (Phi) is 6.48. The van der Waals surface area contributed by atoms with E-state index < -0.39 is 0 Å². The van der Waals surface area contributed by atoms with Crippen molar-refractivity contribution in [2.75, 3.05) is 25.0 Å². The smallest absolute Gasteiger partial charge is 0.239 e. The van der Waals surface area contributed by atoms with Crippen LogP contribution in [0.25, 0.3) is 0 Å². The molecule has 122 valence electrons. The molecule has 4 heteroatoms. The molecule has 0 saturated carbocycles. The molecule has 0 atom stereocenters. The van der Waals surface area contributed by atoms with E-state index >= 15 is 0 Å². The zero-order chi connectivity index (χ0) is 16.5. The van der Waals surface area contributed by atoms with Gasteiger partial charge >= 0.3 is 0 Å². The number of anilines is 1. The Bertz CT molecular complexity index is 641. The number of amides is 1. The first-order chi connectivity index (χ1) is 11.2. The molecular weight excluding hydrogens is 288 g/mol. The van der Waals surface area contributed by atoms with Crippen LogP contribution in [0.4, 0.5) is 5.69 Å². The van der Waals surface area contributed by atoms with Crippen molar-refractivity contribution >= 4 is 11.6 Å². The number of rotatable bonds is 8. The maximum Gasteiger partial charge on any atom is 0.239 e. The second-order valence-electron chi connectivity index (χ2n) is 5.31. The van der Waals surface area contributed by atoms with Gasteiger partial charge in [-0.05, 0) is 43.5 Å². The highest BCUT2D eigenvalue weighted by Crippen LogP contribution is 2.23. The van der Waals surface area contributed by atoms with Gasteiger partial charge in [0, 0.05) is 6.54 Å². The fourth-order valence-corrected chi connectivity index (χ4v) is 2.36. The van der Waals surface area contributed by atoms with Gasteiger partial charge in [-0.15, -0.1) is 0 Å². The third kappa shape index (κ3) is 5.33. The summed E-state index contributed by atoms with van der Waals surface area (Å²) in [6.45, 7) is 5.50. The van der Waals surface area contributed by atoms with Crippen molar-refractivity contribution in [2.45, 2.75) is 20.3 Å². The van der Waals surface area contributed by atoms with Gasteiger partial charge in [0.05, 0.1) is 18.8 Å². The minimum Gasteiger partial charge on any atom is -0.492 e. The third-order valence-electron chi connectivity index (χ3n) is 3.60. The maximum absolute atomic E-state index is 11.9. The number of para-hydroxylation sites is 2. The van der Waals surface area contributed by atoms with Gasteiger partial charge in [0.25, 0.3) is 0 Å². The molecule has 0 fully saturated rings. The fourth-order valence-electron chi connectivity index (χ4n) is 2.36. The summed E-state index contributed by atoms with van der Waals surface area (Å²) in [6, 6.07) is 15.9. The Hall–Kier alpha value is -2.49. The molecule has 23 heavy (non-hydrogen) atoms. The van der Waals surface area contributed by atoms with E-state index in [0.29, 0.717) is 13.2 Å². The lowest BCUT2D eigenvalue weighted by atomic mass is 10.1. The van der Waals surface area contributed by atoms with Gasteiger partial charge in [0.1, 0.15) is 5.75 Å². The summed E-state index contributed by atoms with van der Waals surface area (Å²) >= 11 is 0. The highest BCUT2D eigenvalue weighted by Gasteiger charge is 2.05. The highest BCUT2D eigenvalue weighted by atomic mass is 16.5. The average Bonchev–Trinajstić information content (AvgIpc) is 2.56. The fraction of sp³-hybridized carbons (Fsp3) is 0.316. The summed E-state index contributed by atoms with van der Waals surface area (Å²) in [5.41, 5.74) is 3.36. The number of carbonyl (C=O) groups is 1. The third-order valence-corrected chi connectivity index (χ3v) is 3.60. The zero-order valence-electron chi connectivity index (χ0n) is 13.8. The first-order valence-electron chi connectivity index (χ1n) is 7.97. The minimum absolute atomic E-state index is 0.0233. The Labute approximate surface area is 137 Å². The van der Waals surface area contributed by atoms with Crippen LogP contribution >= 0.6 is 0 Å². The van der Waals surface area contributed by atoms with Gasteiger partial charge in [-0.3, -0.25) is 4.79 Å². The van der Waals surface area contributed by atoms with Crippen LogP contribution in [0.15, 0.2) is 48.5 Å². The lowest BCUT2D eigenvalue weighted by Crippen LogP contribution is -2.31. The second kappa shape index (κ2) is 8.83. The van der Waals surface area contributed by atoms with Crippen LogP contribution in [0.3, 0.4) is 0 Å². The summed E-state index contributed by atoms with van der Waals surface area (Å²) in [5.74, 6) is 0.743. The van der Waals surface area contributed by atoms with Crippen molar-refractivity contribution in [2.24, 2.45) is 0 Å². The predicted molar refractivity (Wildman–Crippen MR) is 94.0 cm³/mol. The molecule has 2 N–H and O–H groups in total. The van der Waals surface area contributed by atoms with Crippen molar-refractivity contribution < 1.29 is 9.53 Å². The van der Waals surface area contributed by atoms with Crippen LogP contribution in [0.2, 0.25) is 0 Å². The number of ether oxygens (including phenoxy) is 1. The molecule has 2 aromatic rings. The van der Waals surface area contributed by atoms with Gasteiger partial charge in [0.15, 0.2) is 0 Å². The van der Waals surface area contributed by atoms with E-state index in [0.717, 1.165) is 17.9 Å². The van der Waals surface area contributed by atoms with E-state index in [1.165, 1.54) is 11.1 Å². The van der Waals surface area contributed by atoms with Crippen molar-refractivity contribution in [1.82, 2.24) is 5.32 Å². The van der Waals surface area contributed by atoms with Crippen molar-refractivity contribution in [3.63, 3.8) is 0 Å². The Morgan fingerprint density at radius 1 is 1.09 bits per heavy atom. The molecule has 0 saturated heterocycles. The summed E-state index contributed by atoms with van der Waals surface area (Å²) < 4.78 is 5.53. The molecule has 0 spiro atoms. The van der Waals surface area contributed by atoms with E-state index in [1.807, 2.05) is 43.3 Å². The molecule has 0 radical (unpaired) electrons. The topological polar surface area (TPSA) is 50.4 Å². The molecule has 0 aliphatic rings. The van der Waals surface area contributed by atoms with Crippen LogP contribution in [0.5, 0.6) is 5.75 Å². The lowest BCUT2D eigenvalue weighted by molar-refractivity contribution is -0.119. The molecule has 0 aliphatic heterocycles. The number of hydrogen-bond donors (Lipinski definition) is 2. The molecule has 1 amide bonds. The molecule has 0 bridgehead atoms. The SMILES string of the molecule is CCOc1ccccc1NCC(=O)NCCc1ccccc1C. The molecule has 0 aromatic heterocycles. The summed E-state index contributed by atoms with van der Waals surface area (Å²) in [7, 11) is 0. The van der Waals surface area contributed by atoms with E-state index in [1.54, 1.807) is 0 Å². The minimum atomic E-state index is -0.0233. The normalized spacial score (nSPS) is 10.2. The van der Waals surface area contributed by atoms with Crippen molar-refractivity contribution in [3.05, 3.63) is 59.7 Å². The van der Waals surface area contributed by atoms with Crippen LogP contribution in [0, 0.1) is 6.92 Å². The van der Waals surface area contributed by atoms with Crippen LogP contribution < -0.4 is 15.4 Å². The van der Waals surface area contributed by atoms with E-state index in [4.69, 9.17) is 4.74 Å². The number of carbonyl (C=O) groups excluding carboxylic acids is 1. The monoisotopic (exact) mass is 312 g/mol. The Morgan fingerprint density at radius 3 is 2.61 bits per heavy atom. The average molecular weight is 312 g/mol. The maximum atomic E-state index is 11.9. The zero-order valence-corrected chi connectivity index (χ0v) is 13.8. The van der Waals surface area contributed by atoms with Gasteiger partial charge in [-0.1, -0.05) is 36.4 Å². The van der Waals surface area contributed by atoms with Gasteiger partial charge in [-0.2, -0.15) is 0 Å². The first-order valence-corrected chi connectivity index (χ1v) is 7.97. The van der Waals surface area contributed by atoms with Crippen LogP contribution in [0.1, 0.15) is 18.1 Å². The molecule has 0 aliphatic carbocycles. The summed E-state index contributed by atoms with van der Waals surface area (Å²) in [5, 5.41) is 6.06.